The molecule has 38 heavy (non-hydrogen) atoms. The van der Waals surface area contributed by atoms with Gasteiger partial charge in [0.05, 0.1) is 27.7 Å². The SMILES string of the molecule is COCCOc1ccc(Cl)cc1NC(=O)c1ccc(NC(=O)CCCCCNC(=O)c2cnc(Cl)nc2)s1. The number of halogens is 2. The van der Waals surface area contributed by atoms with Crippen LogP contribution in [0.5, 0.6) is 5.75 Å². The van der Waals surface area contributed by atoms with Crippen molar-refractivity contribution in [3.63, 3.8) is 0 Å². The van der Waals surface area contributed by atoms with Crippen LogP contribution in [0.15, 0.2) is 42.7 Å². The molecule has 3 rings (SSSR count). The van der Waals surface area contributed by atoms with Crippen molar-refractivity contribution in [2.24, 2.45) is 0 Å². The number of unbranched alkanes of at least 4 members (excludes halogenated alkanes) is 2. The summed E-state index contributed by atoms with van der Waals surface area (Å²) in [4.78, 5) is 45.0. The van der Waals surface area contributed by atoms with Gasteiger partial charge in [0.25, 0.3) is 11.8 Å². The second-order valence-electron chi connectivity index (χ2n) is 7.96. The third kappa shape index (κ3) is 9.56. The fourth-order valence-electron chi connectivity index (χ4n) is 3.19. The minimum Gasteiger partial charge on any atom is -0.489 e. The molecule has 0 saturated heterocycles. The molecule has 0 aliphatic carbocycles. The van der Waals surface area contributed by atoms with Crippen LogP contribution >= 0.6 is 34.5 Å². The molecule has 3 amide bonds. The minimum absolute atomic E-state index is 0.0810. The summed E-state index contributed by atoms with van der Waals surface area (Å²) in [6.07, 6.45) is 5.19. The summed E-state index contributed by atoms with van der Waals surface area (Å²) in [6, 6.07) is 8.28. The van der Waals surface area contributed by atoms with Gasteiger partial charge < -0.3 is 25.4 Å². The number of carbonyl (C=O) groups excluding carboxylic acids is 3. The largest absolute Gasteiger partial charge is 0.489 e. The molecule has 0 radical (unpaired) electrons. The minimum atomic E-state index is -0.346. The van der Waals surface area contributed by atoms with Crippen molar-refractivity contribution in [2.45, 2.75) is 25.7 Å². The summed E-state index contributed by atoms with van der Waals surface area (Å²) in [5, 5.41) is 9.50. The zero-order chi connectivity index (χ0) is 27.3. The molecule has 3 N–H and O–H groups in total. The lowest BCUT2D eigenvalue weighted by molar-refractivity contribution is -0.116. The molecule has 0 aliphatic rings. The Kier molecular flexibility index (Phi) is 11.7. The topological polar surface area (TPSA) is 132 Å². The summed E-state index contributed by atoms with van der Waals surface area (Å²) in [6.45, 7) is 1.20. The van der Waals surface area contributed by atoms with Crippen molar-refractivity contribution >= 4 is 62.9 Å². The van der Waals surface area contributed by atoms with Gasteiger partial charge in [-0.2, -0.15) is 0 Å². The Morgan fingerprint density at radius 2 is 1.74 bits per heavy atom. The lowest BCUT2D eigenvalue weighted by Gasteiger charge is -2.12. The lowest BCUT2D eigenvalue weighted by atomic mass is 10.2. The van der Waals surface area contributed by atoms with Gasteiger partial charge in [-0.15, -0.1) is 11.3 Å². The molecule has 0 unspecified atom stereocenters. The highest BCUT2D eigenvalue weighted by molar-refractivity contribution is 7.18. The number of rotatable bonds is 14. The Morgan fingerprint density at radius 3 is 2.50 bits per heavy atom. The summed E-state index contributed by atoms with van der Waals surface area (Å²) in [7, 11) is 1.57. The van der Waals surface area contributed by atoms with Crippen LogP contribution in [0.1, 0.15) is 45.7 Å². The van der Waals surface area contributed by atoms with Crippen molar-refractivity contribution in [1.82, 2.24) is 15.3 Å². The van der Waals surface area contributed by atoms with Gasteiger partial charge in [0, 0.05) is 37.5 Å². The number of anilines is 2. The Bertz CT molecular complexity index is 1240. The zero-order valence-corrected chi connectivity index (χ0v) is 22.9. The number of nitrogens with zero attached hydrogens (tertiary/aromatic N) is 2. The van der Waals surface area contributed by atoms with Crippen LogP contribution in [0.2, 0.25) is 10.3 Å². The molecular weight excluding hydrogens is 553 g/mol. The predicted octanol–water partition coefficient (Wildman–Crippen LogP) is 5.05. The van der Waals surface area contributed by atoms with Gasteiger partial charge in [0.1, 0.15) is 12.4 Å². The third-order valence-electron chi connectivity index (χ3n) is 5.08. The van der Waals surface area contributed by atoms with E-state index in [1.165, 1.54) is 23.7 Å². The summed E-state index contributed by atoms with van der Waals surface area (Å²) in [5.74, 6) is -0.294. The molecule has 0 bridgehead atoms. The number of hydrogen-bond acceptors (Lipinski definition) is 8. The molecule has 202 valence electrons. The van der Waals surface area contributed by atoms with Crippen LogP contribution in [-0.4, -0.2) is 54.6 Å². The van der Waals surface area contributed by atoms with Crippen molar-refractivity contribution < 1.29 is 23.9 Å². The second kappa shape index (κ2) is 15.2. The maximum atomic E-state index is 12.8. The molecule has 0 aliphatic heterocycles. The van der Waals surface area contributed by atoms with Crippen LogP contribution in [0.4, 0.5) is 10.7 Å². The van der Waals surface area contributed by atoms with Gasteiger partial charge in [-0.3, -0.25) is 14.4 Å². The maximum Gasteiger partial charge on any atom is 0.265 e. The van der Waals surface area contributed by atoms with Crippen LogP contribution in [0.3, 0.4) is 0 Å². The van der Waals surface area contributed by atoms with Crippen LogP contribution in [0.25, 0.3) is 0 Å². The Morgan fingerprint density at radius 1 is 0.947 bits per heavy atom. The summed E-state index contributed by atoms with van der Waals surface area (Å²) < 4.78 is 10.6. The number of benzene rings is 1. The molecule has 1 aromatic carbocycles. The van der Waals surface area contributed by atoms with Gasteiger partial charge in [-0.1, -0.05) is 18.0 Å². The maximum absolute atomic E-state index is 12.8. The fraction of sp³-hybridized carbons (Fsp3) is 0.320. The standard InChI is InChI=1S/C25H27Cl2N5O5S/c1-36-11-12-37-19-7-6-17(26)13-18(19)31-24(35)20-8-9-22(38-20)32-21(33)5-3-2-4-10-28-23(34)16-14-29-25(27)30-15-16/h6-9,13-15H,2-5,10-12H2,1H3,(H,28,34)(H,31,35)(H,32,33). The Balaban J connectivity index is 1.38. The average Bonchev–Trinajstić information content (AvgIpc) is 3.36. The first-order valence-electron chi connectivity index (χ1n) is 11.7. The van der Waals surface area contributed by atoms with E-state index >= 15 is 0 Å². The first-order valence-corrected chi connectivity index (χ1v) is 13.3. The Hall–Kier alpha value is -3.25. The van der Waals surface area contributed by atoms with E-state index in [1.54, 1.807) is 37.4 Å². The zero-order valence-electron chi connectivity index (χ0n) is 20.6. The molecule has 2 aromatic heterocycles. The monoisotopic (exact) mass is 579 g/mol. The number of carbonyl (C=O) groups is 3. The number of thiophene rings is 1. The van der Waals surface area contributed by atoms with Crippen LogP contribution in [0, 0.1) is 0 Å². The number of amides is 3. The van der Waals surface area contributed by atoms with E-state index in [2.05, 4.69) is 25.9 Å². The fourth-order valence-corrected chi connectivity index (χ4v) is 4.28. The third-order valence-corrected chi connectivity index (χ3v) is 6.51. The number of aromatic nitrogens is 2. The van der Waals surface area contributed by atoms with Gasteiger partial charge in [0.15, 0.2) is 0 Å². The molecule has 0 saturated carbocycles. The number of hydrogen-bond donors (Lipinski definition) is 3. The second-order valence-corrected chi connectivity index (χ2v) is 9.81. The van der Waals surface area contributed by atoms with E-state index in [1.807, 2.05) is 0 Å². The first kappa shape index (κ1) is 29.3. The smallest absolute Gasteiger partial charge is 0.265 e. The van der Waals surface area contributed by atoms with E-state index in [4.69, 9.17) is 32.7 Å². The normalized spacial score (nSPS) is 10.6. The number of nitrogens with one attached hydrogen (secondary N) is 3. The first-order chi connectivity index (χ1) is 18.4. The Labute approximate surface area is 234 Å². The van der Waals surface area contributed by atoms with E-state index in [0.717, 1.165) is 12.8 Å². The van der Waals surface area contributed by atoms with Crippen LogP contribution in [-0.2, 0) is 9.53 Å². The van der Waals surface area contributed by atoms with Crippen LogP contribution < -0.4 is 20.7 Å². The highest BCUT2D eigenvalue weighted by Crippen LogP contribution is 2.30. The van der Waals surface area contributed by atoms with Gasteiger partial charge >= 0.3 is 0 Å². The molecule has 2 heterocycles. The summed E-state index contributed by atoms with van der Waals surface area (Å²) >= 11 is 12.9. The van der Waals surface area contributed by atoms with Crippen molar-refractivity contribution in [3.05, 3.63) is 63.5 Å². The van der Waals surface area contributed by atoms with Gasteiger partial charge in [-0.25, -0.2) is 9.97 Å². The summed E-state index contributed by atoms with van der Waals surface area (Å²) in [5.41, 5.74) is 0.775. The molecule has 13 heteroatoms. The average molecular weight is 580 g/mol. The lowest BCUT2D eigenvalue weighted by Crippen LogP contribution is -2.24. The molecule has 0 atom stereocenters. The molecule has 0 spiro atoms. The molecule has 0 fully saturated rings. The van der Waals surface area contributed by atoms with E-state index in [-0.39, 0.29) is 23.0 Å². The van der Waals surface area contributed by atoms with Crippen molar-refractivity contribution in [2.75, 3.05) is 37.5 Å². The highest BCUT2D eigenvalue weighted by Gasteiger charge is 2.14. The van der Waals surface area contributed by atoms with Gasteiger partial charge in [-0.05, 0) is 54.8 Å². The van der Waals surface area contributed by atoms with Crippen molar-refractivity contribution in [3.8, 4) is 5.75 Å². The van der Waals surface area contributed by atoms with E-state index in [9.17, 15) is 14.4 Å². The van der Waals surface area contributed by atoms with E-state index < -0.39 is 0 Å². The highest BCUT2D eigenvalue weighted by atomic mass is 35.5. The van der Waals surface area contributed by atoms with E-state index in [0.29, 0.717) is 64.5 Å². The quantitative estimate of drug-likeness (QED) is 0.180. The molecule has 3 aromatic rings. The van der Waals surface area contributed by atoms with Crippen molar-refractivity contribution in [1.29, 1.82) is 0 Å². The molecular formula is C25H27Cl2N5O5S. The number of methoxy groups -OCH3 is 1. The van der Waals surface area contributed by atoms with Gasteiger partial charge in [0.2, 0.25) is 11.2 Å². The predicted molar refractivity (Wildman–Crippen MR) is 148 cm³/mol. The number of ether oxygens (including phenoxy) is 2. The molecule has 10 nitrogen and oxygen atoms in total.